The van der Waals surface area contributed by atoms with Crippen molar-refractivity contribution in [2.45, 2.75) is 31.6 Å². The van der Waals surface area contributed by atoms with Crippen LogP contribution in [0.5, 0.6) is 0 Å². The second-order valence-electron chi connectivity index (χ2n) is 3.94. The standard InChI is InChI=1S/C14H16ClO3S.Li/c1-3-5-10(14(17)18-4-2)13(16)11-8-9(19)6-7-12(11)15;/h6-8,19H,3-5H2,1-2H3;/q-1;+1. The van der Waals surface area contributed by atoms with Gasteiger partial charge in [0.05, 0.1) is 6.61 Å². The van der Waals surface area contributed by atoms with Crippen LogP contribution >= 0.6 is 24.2 Å². The summed E-state index contributed by atoms with van der Waals surface area (Å²) >= 11 is 10.2. The van der Waals surface area contributed by atoms with Gasteiger partial charge in [0, 0.05) is 5.78 Å². The third-order valence-electron chi connectivity index (χ3n) is 2.49. The van der Waals surface area contributed by atoms with E-state index >= 15 is 0 Å². The summed E-state index contributed by atoms with van der Waals surface area (Å²) in [7, 11) is 0. The first-order valence-electron chi connectivity index (χ1n) is 6.07. The maximum atomic E-state index is 12.4. The zero-order valence-corrected chi connectivity index (χ0v) is 13.6. The van der Waals surface area contributed by atoms with Crippen LogP contribution in [0.15, 0.2) is 23.1 Å². The molecule has 0 saturated carbocycles. The summed E-state index contributed by atoms with van der Waals surface area (Å²) in [5, 5.41) is 0.306. The van der Waals surface area contributed by atoms with Gasteiger partial charge >= 0.3 is 18.9 Å². The summed E-state index contributed by atoms with van der Waals surface area (Å²) in [5.74, 6) is -0.832. The number of benzene rings is 1. The minimum atomic E-state index is -0.574. The smallest absolute Gasteiger partial charge is 0.476 e. The van der Waals surface area contributed by atoms with E-state index in [4.69, 9.17) is 16.3 Å². The van der Waals surface area contributed by atoms with Crippen LogP contribution in [-0.4, -0.2) is 18.4 Å². The van der Waals surface area contributed by atoms with Gasteiger partial charge in [0.15, 0.2) is 0 Å². The van der Waals surface area contributed by atoms with Crippen LogP contribution in [0.25, 0.3) is 0 Å². The Hall–Kier alpha value is -0.533. The van der Waals surface area contributed by atoms with Crippen LogP contribution in [0.2, 0.25) is 5.02 Å². The molecule has 0 aromatic heterocycles. The fourth-order valence-electron chi connectivity index (χ4n) is 1.63. The van der Waals surface area contributed by atoms with Crippen LogP contribution in [0.4, 0.5) is 0 Å². The van der Waals surface area contributed by atoms with Gasteiger partial charge in [0.25, 0.3) is 5.97 Å². The second kappa shape index (κ2) is 9.41. The number of hydrogen-bond acceptors (Lipinski definition) is 4. The SMILES string of the molecule is CCC[C-](C(=O)OCC)C(=O)c1cc(S)ccc1Cl.[Li+]. The Labute approximate surface area is 142 Å². The van der Waals surface area contributed by atoms with Crippen molar-refractivity contribution in [1.29, 1.82) is 0 Å². The molecule has 0 amide bonds. The van der Waals surface area contributed by atoms with E-state index in [-0.39, 0.29) is 42.7 Å². The van der Waals surface area contributed by atoms with Gasteiger partial charge in [-0.3, -0.25) is 4.79 Å². The minimum absolute atomic E-state index is 0. The van der Waals surface area contributed by atoms with Crippen molar-refractivity contribution in [1.82, 2.24) is 0 Å². The first-order chi connectivity index (χ1) is 9.01. The molecule has 0 aliphatic carbocycles. The van der Waals surface area contributed by atoms with Crippen molar-refractivity contribution >= 4 is 36.0 Å². The van der Waals surface area contributed by atoms with E-state index in [1.807, 2.05) is 6.92 Å². The average molecular weight is 307 g/mol. The van der Waals surface area contributed by atoms with Crippen molar-refractivity contribution in [2.75, 3.05) is 6.61 Å². The molecule has 0 heterocycles. The molecule has 0 unspecified atom stereocenters. The van der Waals surface area contributed by atoms with Crippen molar-refractivity contribution in [3.8, 4) is 0 Å². The Balaban J connectivity index is 0.00000361. The molecule has 0 N–H and O–H groups in total. The third kappa shape index (κ3) is 5.10. The third-order valence-corrected chi connectivity index (χ3v) is 3.10. The Morgan fingerprint density at radius 1 is 1.35 bits per heavy atom. The zero-order valence-electron chi connectivity index (χ0n) is 11.9. The first-order valence-corrected chi connectivity index (χ1v) is 6.89. The molecular formula is C14H16ClLiO3S. The van der Waals surface area contributed by atoms with Crippen molar-refractivity contribution < 1.29 is 33.2 Å². The number of Topliss-reactive ketones (excluding diaryl/α,β-unsaturated/α-hetero) is 1. The van der Waals surface area contributed by atoms with Gasteiger partial charge in [-0.2, -0.15) is 0 Å². The van der Waals surface area contributed by atoms with E-state index < -0.39 is 5.97 Å². The second-order valence-corrected chi connectivity index (χ2v) is 4.87. The van der Waals surface area contributed by atoms with Gasteiger partial charge in [-0.05, 0) is 16.8 Å². The topological polar surface area (TPSA) is 43.4 Å². The van der Waals surface area contributed by atoms with Crippen molar-refractivity contribution in [3.05, 3.63) is 34.7 Å². The van der Waals surface area contributed by atoms with Gasteiger partial charge in [0.1, 0.15) is 0 Å². The van der Waals surface area contributed by atoms with Crippen LogP contribution in [0.3, 0.4) is 0 Å². The molecule has 0 fully saturated rings. The Morgan fingerprint density at radius 3 is 2.55 bits per heavy atom. The quantitative estimate of drug-likeness (QED) is 0.211. The van der Waals surface area contributed by atoms with E-state index in [9.17, 15) is 9.59 Å². The predicted molar refractivity (Wildman–Crippen MR) is 77.8 cm³/mol. The summed E-state index contributed by atoms with van der Waals surface area (Å²) in [4.78, 5) is 24.8. The molecule has 0 bridgehead atoms. The molecular weight excluding hydrogens is 291 g/mol. The van der Waals surface area contributed by atoms with Gasteiger partial charge in [-0.15, -0.1) is 35.9 Å². The fourth-order valence-corrected chi connectivity index (χ4v) is 2.03. The summed E-state index contributed by atoms with van der Waals surface area (Å²) in [5.41, 5.74) is 0.283. The van der Waals surface area contributed by atoms with Crippen molar-refractivity contribution in [3.63, 3.8) is 0 Å². The maximum Gasteiger partial charge on any atom is 1.00 e. The molecule has 104 valence electrons. The number of carbonyl (C=O) groups is 2. The molecule has 1 aromatic carbocycles. The summed E-state index contributed by atoms with van der Waals surface area (Å²) in [6, 6.07) is 4.83. The Kier molecular flexibility index (Phi) is 9.16. The largest absolute Gasteiger partial charge is 1.00 e. The van der Waals surface area contributed by atoms with Crippen LogP contribution in [-0.2, 0) is 9.53 Å². The summed E-state index contributed by atoms with van der Waals surface area (Å²) in [6.07, 6.45) is 1.04. The van der Waals surface area contributed by atoms with E-state index in [1.165, 1.54) is 0 Å². The molecule has 0 radical (unpaired) electrons. The van der Waals surface area contributed by atoms with Gasteiger partial charge < -0.3 is 9.53 Å². The molecule has 0 atom stereocenters. The predicted octanol–water partition coefficient (Wildman–Crippen LogP) is 0.753. The number of halogens is 1. The molecule has 1 rings (SSSR count). The van der Waals surface area contributed by atoms with Gasteiger partial charge in [-0.1, -0.05) is 37.8 Å². The Bertz CT molecular complexity index is 479. The van der Waals surface area contributed by atoms with E-state index in [1.54, 1.807) is 25.1 Å². The molecule has 0 spiro atoms. The molecule has 6 heteroatoms. The number of thiol groups is 1. The molecule has 1 aromatic rings. The Morgan fingerprint density at radius 2 is 2.00 bits per heavy atom. The maximum absolute atomic E-state index is 12.4. The van der Waals surface area contributed by atoms with E-state index in [0.29, 0.717) is 22.8 Å². The minimum Gasteiger partial charge on any atom is -0.476 e. The van der Waals surface area contributed by atoms with Gasteiger partial charge in [-0.25, -0.2) is 0 Å². The number of carbonyl (C=O) groups excluding carboxylic acids is 2. The average Bonchev–Trinajstić information content (AvgIpc) is 2.38. The number of ketones is 1. The normalized spacial score (nSPS) is 9.60. The number of hydrogen-bond donors (Lipinski definition) is 1. The fraction of sp³-hybridized carbons (Fsp3) is 0.357. The molecule has 0 aliphatic rings. The number of rotatable bonds is 6. The molecule has 20 heavy (non-hydrogen) atoms. The van der Waals surface area contributed by atoms with Crippen LogP contribution < -0.4 is 18.9 Å². The van der Waals surface area contributed by atoms with Crippen LogP contribution in [0.1, 0.15) is 37.0 Å². The first kappa shape index (κ1) is 19.5. The molecule has 3 nitrogen and oxygen atoms in total. The van der Waals surface area contributed by atoms with Gasteiger partial charge in [0.2, 0.25) is 0 Å². The van der Waals surface area contributed by atoms with Crippen LogP contribution in [0, 0.1) is 5.92 Å². The zero-order chi connectivity index (χ0) is 14.4. The monoisotopic (exact) mass is 306 g/mol. The number of esters is 1. The van der Waals surface area contributed by atoms with Crippen molar-refractivity contribution in [2.24, 2.45) is 0 Å². The molecule has 0 aliphatic heterocycles. The van der Waals surface area contributed by atoms with E-state index in [0.717, 1.165) is 0 Å². The van der Waals surface area contributed by atoms with E-state index in [2.05, 4.69) is 12.6 Å². The summed E-state index contributed by atoms with van der Waals surface area (Å²) in [6.45, 7) is 3.83. The number of ether oxygens (including phenoxy) is 1. The molecule has 0 saturated heterocycles. The summed E-state index contributed by atoms with van der Waals surface area (Å²) < 4.78 is 4.91.